The highest BCUT2D eigenvalue weighted by atomic mass is 16.5. The van der Waals surface area contributed by atoms with Crippen LogP contribution >= 0.6 is 0 Å². The van der Waals surface area contributed by atoms with Gasteiger partial charge in [-0.25, -0.2) is 0 Å². The molecule has 0 atom stereocenters. The quantitative estimate of drug-likeness (QED) is 0.773. The molecule has 1 saturated heterocycles. The molecule has 1 aromatic carbocycles. The molecule has 2 aromatic heterocycles. The molecule has 1 aliphatic rings. The standard InChI is InChI=1S/C16H16N2O2/c1-18-14-3-2-11(16(8-19)9-20-10-16)6-12(14)13-7-17-5-4-15(13)18/h2-7,19H,8-10H2,1H3. The summed E-state index contributed by atoms with van der Waals surface area (Å²) in [4.78, 5) is 4.24. The lowest BCUT2D eigenvalue weighted by molar-refractivity contribution is -0.0841. The molecule has 4 nitrogen and oxygen atoms in total. The van der Waals surface area contributed by atoms with Crippen LogP contribution in [0.4, 0.5) is 0 Å². The van der Waals surface area contributed by atoms with Crippen molar-refractivity contribution in [2.75, 3.05) is 19.8 Å². The Morgan fingerprint density at radius 1 is 1.25 bits per heavy atom. The van der Waals surface area contributed by atoms with Crippen molar-refractivity contribution in [2.45, 2.75) is 5.41 Å². The Morgan fingerprint density at radius 2 is 2.05 bits per heavy atom. The highest BCUT2D eigenvalue weighted by molar-refractivity contribution is 6.07. The Hall–Kier alpha value is -1.91. The van der Waals surface area contributed by atoms with Crippen LogP contribution < -0.4 is 0 Å². The summed E-state index contributed by atoms with van der Waals surface area (Å²) in [7, 11) is 2.07. The molecule has 20 heavy (non-hydrogen) atoms. The molecule has 4 heteroatoms. The molecule has 102 valence electrons. The lowest BCUT2D eigenvalue weighted by Crippen LogP contribution is -2.49. The average molecular weight is 268 g/mol. The Labute approximate surface area is 116 Å². The second-order valence-electron chi connectivity index (χ2n) is 5.62. The van der Waals surface area contributed by atoms with Crippen molar-refractivity contribution in [3.63, 3.8) is 0 Å². The third-order valence-electron chi connectivity index (χ3n) is 4.48. The van der Waals surface area contributed by atoms with Gasteiger partial charge in [-0.05, 0) is 23.8 Å². The van der Waals surface area contributed by atoms with E-state index in [1.165, 1.54) is 16.4 Å². The highest BCUT2D eigenvalue weighted by Crippen LogP contribution is 2.36. The molecule has 1 fully saturated rings. The van der Waals surface area contributed by atoms with E-state index in [0.717, 1.165) is 10.9 Å². The second-order valence-corrected chi connectivity index (χ2v) is 5.62. The van der Waals surface area contributed by atoms with Crippen molar-refractivity contribution in [1.82, 2.24) is 9.55 Å². The molecule has 0 amide bonds. The maximum Gasteiger partial charge on any atom is 0.0651 e. The SMILES string of the molecule is Cn1c2ccncc2c2cc(C3(CO)COC3)ccc21. The fourth-order valence-corrected chi connectivity index (χ4v) is 3.09. The molecule has 0 saturated carbocycles. The average Bonchev–Trinajstić information content (AvgIpc) is 2.73. The van der Waals surface area contributed by atoms with Gasteiger partial charge in [-0.15, -0.1) is 0 Å². The number of aliphatic hydroxyl groups excluding tert-OH is 1. The third kappa shape index (κ3) is 1.40. The summed E-state index contributed by atoms with van der Waals surface area (Å²) in [6, 6.07) is 8.44. The summed E-state index contributed by atoms with van der Waals surface area (Å²) in [6.45, 7) is 1.32. The maximum atomic E-state index is 9.68. The van der Waals surface area contributed by atoms with E-state index in [2.05, 4.69) is 34.8 Å². The van der Waals surface area contributed by atoms with Gasteiger partial charge in [0.2, 0.25) is 0 Å². The van der Waals surface area contributed by atoms with Gasteiger partial charge < -0.3 is 14.4 Å². The number of benzene rings is 1. The number of nitrogens with zero attached hydrogens (tertiary/aromatic N) is 2. The molecule has 0 radical (unpaired) electrons. The Morgan fingerprint density at radius 3 is 2.75 bits per heavy atom. The minimum Gasteiger partial charge on any atom is -0.395 e. The molecule has 0 spiro atoms. The zero-order chi connectivity index (χ0) is 13.7. The minimum absolute atomic E-state index is 0.127. The highest BCUT2D eigenvalue weighted by Gasteiger charge is 2.40. The number of aliphatic hydroxyl groups is 1. The van der Waals surface area contributed by atoms with Gasteiger partial charge in [0.15, 0.2) is 0 Å². The molecule has 4 rings (SSSR count). The van der Waals surface area contributed by atoms with Gasteiger partial charge in [0.05, 0.1) is 30.8 Å². The van der Waals surface area contributed by atoms with Crippen molar-refractivity contribution in [1.29, 1.82) is 0 Å². The van der Waals surface area contributed by atoms with Crippen LogP contribution in [0.5, 0.6) is 0 Å². The maximum absolute atomic E-state index is 9.68. The van der Waals surface area contributed by atoms with Crippen LogP contribution in [0.25, 0.3) is 21.8 Å². The molecule has 0 bridgehead atoms. The van der Waals surface area contributed by atoms with Crippen molar-refractivity contribution in [3.8, 4) is 0 Å². The fourth-order valence-electron chi connectivity index (χ4n) is 3.09. The number of pyridine rings is 1. The van der Waals surface area contributed by atoms with E-state index < -0.39 is 0 Å². The molecule has 3 aromatic rings. The molecular formula is C16H16N2O2. The lowest BCUT2D eigenvalue weighted by atomic mass is 9.79. The van der Waals surface area contributed by atoms with E-state index in [9.17, 15) is 5.11 Å². The molecular weight excluding hydrogens is 252 g/mol. The molecule has 0 aliphatic carbocycles. The monoisotopic (exact) mass is 268 g/mol. The fraction of sp³-hybridized carbons (Fsp3) is 0.312. The first kappa shape index (κ1) is 11.9. The topological polar surface area (TPSA) is 47.3 Å². The summed E-state index contributed by atoms with van der Waals surface area (Å²) in [6.07, 6.45) is 3.72. The Bertz CT molecular complexity index is 797. The van der Waals surface area contributed by atoms with Crippen LogP contribution in [-0.4, -0.2) is 34.5 Å². The van der Waals surface area contributed by atoms with Gasteiger partial charge >= 0.3 is 0 Å². The predicted molar refractivity (Wildman–Crippen MR) is 77.8 cm³/mol. The van der Waals surface area contributed by atoms with Crippen molar-refractivity contribution in [2.24, 2.45) is 7.05 Å². The largest absolute Gasteiger partial charge is 0.395 e. The lowest BCUT2D eigenvalue weighted by Gasteiger charge is -2.40. The first-order valence-corrected chi connectivity index (χ1v) is 6.76. The Balaban J connectivity index is 2.01. The van der Waals surface area contributed by atoms with Crippen LogP contribution in [0.2, 0.25) is 0 Å². The van der Waals surface area contributed by atoms with Crippen LogP contribution in [-0.2, 0) is 17.2 Å². The number of fused-ring (bicyclic) bond motifs is 3. The van der Waals surface area contributed by atoms with Crippen LogP contribution in [0.15, 0.2) is 36.7 Å². The number of rotatable bonds is 2. The zero-order valence-electron chi connectivity index (χ0n) is 11.3. The van der Waals surface area contributed by atoms with Gasteiger partial charge in [-0.1, -0.05) is 6.07 Å². The van der Waals surface area contributed by atoms with E-state index in [4.69, 9.17) is 4.74 Å². The van der Waals surface area contributed by atoms with Crippen molar-refractivity contribution >= 4 is 21.8 Å². The summed E-state index contributed by atoms with van der Waals surface area (Å²) in [5, 5.41) is 12.0. The van der Waals surface area contributed by atoms with Crippen molar-refractivity contribution in [3.05, 3.63) is 42.2 Å². The van der Waals surface area contributed by atoms with Gasteiger partial charge in [0.25, 0.3) is 0 Å². The summed E-state index contributed by atoms with van der Waals surface area (Å²) < 4.78 is 7.49. The van der Waals surface area contributed by atoms with Gasteiger partial charge in [0.1, 0.15) is 0 Å². The number of aromatic nitrogens is 2. The van der Waals surface area contributed by atoms with E-state index in [1.54, 1.807) is 0 Å². The first-order chi connectivity index (χ1) is 9.75. The second kappa shape index (κ2) is 4.04. The third-order valence-corrected chi connectivity index (χ3v) is 4.48. The molecule has 3 heterocycles. The summed E-state index contributed by atoms with van der Waals surface area (Å²) >= 11 is 0. The Kier molecular flexibility index (Phi) is 2.40. The smallest absolute Gasteiger partial charge is 0.0651 e. The molecule has 1 N–H and O–H groups in total. The first-order valence-electron chi connectivity index (χ1n) is 6.76. The van der Waals surface area contributed by atoms with Gasteiger partial charge in [-0.3, -0.25) is 4.98 Å². The zero-order valence-corrected chi connectivity index (χ0v) is 11.3. The molecule has 1 aliphatic heterocycles. The van der Waals surface area contributed by atoms with Crippen LogP contribution in [0, 0.1) is 0 Å². The normalized spacial score (nSPS) is 17.5. The number of ether oxygens (including phenoxy) is 1. The number of hydrogen-bond donors (Lipinski definition) is 1. The van der Waals surface area contributed by atoms with E-state index in [1.807, 2.05) is 18.5 Å². The van der Waals surface area contributed by atoms with E-state index in [-0.39, 0.29) is 12.0 Å². The van der Waals surface area contributed by atoms with E-state index in [0.29, 0.717) is 13.2 Å². The van der Waals surface area contributed by atoms with Gasteiger partial charge in [0, 0.05) is 35.7 Å². The molecule has 0 unspecified atom stereocenters. The predicted octanol–water partition coefficient (Wildman–Crippen LogP) is 1.99. The number of aryl methyl sites for hydroxylation is 1. The van der Waals surface area contributed by atoms with Crippen molar-refractivity contribution < 1.29 is 9.84 Å². The van der Waals surface area contributed by atoms with Crippen LogP contribution in [0.3, 0.4) is 0 Å². The van der Waals surface area contributed by atoms with E-state index >= 15 is 0 Å². The minimum atomic E-state index is -0.224. The van der Waals surface area contributed by atoms with Gasteiger partial charge in [-0.2, -0.15) is 0 Å². The number of hydrogen-bond acceptors (Lipinski definition) is 3. The summed E-state index contributed by atoms with van der Waals surface area (Å²) in [5.41, 5.74) is 3.29. The van der Waals surface area contributed by atoms with Crippen LogP contribution in [0.1, 0.15) is 5.56 Å². The summed E-state index contributed by atoms with van der Waals surface area (Å²) in [5.74, 6) is 0.